The Morgan fingerprint density at radius 3 is 2.71 bits per heavy atom. The SMILES string of the molecule is CC(=O)c1sc(NC(=O)Cc2ccc3cccc(N)c3n2)nc1C. The lowest BCUT2D eigenvalue weighted by molar-refractivity contribution is -0.115. The van der Waals surface area contributed by atoms with Crippen LogP contribution >= 0.6 is 11.3 Å². The second kappa shape index (κ2) is 6.37. The molecule has 2 heterocycles. The summed E-state index contributed by atoms with van der Waals surface area (Å²) in [5.41, 5.74) is 8.44. The van der Waals surface area contributed by atoms with Gasteiger partial charge in [-0.2, -0.15) is 0 Å². The second-order valence-electron chi connectivity index (χ2n) is 5.44. The molecule has 3 aromatic rings. The van der Waals surface area contributed by atoms with Gasteiger partial charge in [0.25, 0.3) is 0 Å². The van der Waals surface area contributed by atoms with Gasteiger partial charge in [0.1, 0.15) is 0 Å². The summed E-state index contributed by atoms with van der Waals surface area (Å²) < 4.78 is 0. The number of carbonyl (C=O) groups excluding carboxylic acids is 2. The first-order chi connectivity index (χ1) is 11.4. The molecule has 0 atom stereocenters. The van der Waals surface area contributed by atoms with Gasteiger partial charge in [0.05, 0.1) is 33.9 Å². The van der Waals surface area contributed by atoms with E-state index in [2.05, 4.69) is 15.3 Å². The molecule has 0 aliphatic carbocycles. The molecule has 3 rings (SSSR count). The van der Waals surface area contributed by atoms with Crippen LogP contribution in [0.15, 0.2) is 30.3 Å². The minimum absolute atomic E-state index is 0.0582. The number of rotatable bonds is 4. The number of nitrogens with zero attached hydrogens (tertiary/aromatic N) is 2. The van der Waals surface area contributed by atoms with Crippen molar-refractivity contribution in [3.8, 4) is 0 Å². The van der Waals surface area contributed by atoms with Crippen molar-refractivity contribution in [1.82, 2.24) is 9.97 Å². The molecule has 0 bridgehead atoms. The third kappa shape index (κ3) is 3.26. The fourth-order valence-electron chi connectivity index (χ4n) is 2.41. The van der Waals surface area contributed by atoms with E-state index in [0.717, 1.165) is 5.39 Å². The van der Waals surface area contributed by atoms with Crippen LogP contribution in [0.1, 0.15) is 28.0 Å². The van der Waals surface area contributed by atoms with E-state index in [1.807, 2.05) is 18.2 Å². The number of pyridine rings is 1. The van der Waals surface area contributed by atoms with Crippen LogP contribution in [0.3, 0.4) is 0 Å². The summed E-state index contributed by atoms with van der Waals surface area (Å²) in [5, 5.41) is 4.06. The van der Waals surface area contributed by atoms with Crippen molar-refractivity contribution in [2.45, 2.75) is 20.3 Å². The third-order valence-electron chi connectivity index (χ3n) is 3.51. The number of ketones is 1. The van der Waals surface area contributed by atoms with E-state index in [1.165, 1.54) is 18.3 Å². The lowest BCUT2D eigenvalue weighted by atomic mass is 10.1. The fraction of sp³-hybridized carbons (Fsp3) is 0.176. The molecule has 0 saturated heterocycles. The largest absolute Gasteiger partial charge is 0.397 e. The number of hydrogen-bond acceptors (Lipinski definition) is 6. The lowest BCUT2D eigenvalue weighted by Gasteiger charge is -2.05. The van der Waals surface area contributed by atoms with Crippen LogP contribution in [0.5, 0.6) is 0 Å². The standard InChI is InChI=1S/C17H16N4O2S/c1-9-16(10(2)22)24-17(19-9)21-14(23)8-12-7-6-11-4-3-5-13(18)15(11)20-12/h3-7H,8,18H2,1-2H3,(H,19,21,23). The van der Waals surface area contributed by atoms with Gasteiger partial charge in [0.2, 0.25) is 5.91 Å². The topological polar surface area (TPSA) is 98.0 Å². The molecule has 0 aliphatic heterocycles. The van der Waals surface area contributed by atoms with E-state index in [9.17, 15) is 9.59 Å². The van der Waals surface area contributed by atoms with Gasteiger partial charge < -0.3 is 11.1 Å². The van der Waals surface area contributed by atoms with Crippen LogP contribution in [0, 0.1) is 6.92 Å². The Kier molecular flexibility index (Phi) is 4.26. The quantitative estimate of drug-likeness (QED) is 0.562. The Labute approximate surface area is 142 Å². The molecule has 122 valence electrons. The highest BCUT2D eigenvalue weighted by molar-refractivity contribution is 7.17. The van der Waals surface area contributed by atoms with E-state index in [1.54, 1.807) is 19.1 Å². The summed E-state index contributed by atoms with van der Waals surface area (Å²) in [6.45, 7) is 3.23. The van der Waals surface area contributed by atoms with Crippen molar-refractivity contribution in [1.29, 1.82) is 0 Å². The predicted octanol–water partition coefficient (Wildman–Crippen LogP) is 2.97. The number of fused-ring (bicyclic) bond motifs is 1. The summed E-state index contributed by atoms with van der Waals surface area (Å²) in [6.07, 6.45) is 0.109. The Hall–Kier alpha value is -2.80. The summed E-state index contributed by atoms with van der Waals surface area (Å²) >= 11 is 1.18. The Morgan fingerprint density at radius 2 is 2.00 bits per heavy atom. The van der Waals surface area contributed by atoms with Gasteiger partial charge in [0, 0.05) is 12.3 Å². The predicted molar refractivity (Wildman–Crippen MR) is 95.3 cm³/mol. The number of aromatic nitrogens is 2. The van der Waals surface area contributed by atoms with Gasteiger partial charge in [-0.05, 0) is 19.1 Å². The molecule has 0 saturated carbocycles. The molecular formula is C17H16N4O2S. The van der Waals surface area contributed by atoms with Crippen molar-refractivity contribution in [3.63, 3.8) is 0 Å². The number of amides is 1. The molecule has 0 aliphatic rings. The highest BCUT2D eigenvalue weighted by Gasteiger charge is 2.14. The highest BCUT2D eigenvalue weighted by atomic mass is 32.1. The average Bonchev–Trinajstić information content (AvgIpc) is 2.88. The maximum atomic E-state index is 12.2. The number of nitrogen functional groups attached to an aromatic ring is 1. The van der Waals surface area contributed by atoms with Crippen molar-refractivity contribution < 1.29 is 9.59 Å². The third-order valence-corrected chi connectivity index (χ3v) is 4.69. The summed E-state index contributed by atoms with van der Waals surface area (Å²) in [7, 11) is 0. The fourth-order valence-corrected chi connectivity index (χ4v) is 3.29. The number of nitrogens with two attached hydrogens (primary N) is 1. The molecule has 1 aromatic carbocycles. The number of anilines is 2. The number of Topliss-reactive ketones (excluding diaryl/α,β-unsaturated/α-hetero) is 1. The average molecular weight is 340 g/mol. The first-order valence-corrected chi connectivity index (χ1v) is 8.18. The minimum Gasteiger partial charge on any atom is -0.397 e. The molecule has 0 unspecified atom stereocenters. The number of benzene rings is 1. The van der Waals surface area contributed by atoms with Crippen LogP contribution in [-0.2, 0) is 11.2 Å². The molecule has 24 heavy (non-hydrogen) atoms. The maximum absolute atomic E-state index is 12.2. The van der Waals surface area contributed by atoms with Crippen LogP contribution in [0.4, 0.5) is 10.8 Å². The van der Waals surface area contributed by atoms with Gasteiger partial charge in [-0.1, -0.05) is 29.5 Å². The summed E-state index contributed by atoms with van der Waals surface area (Å²) in [6, 6.07) is 9.26. The number of thiazole rings is 1. The van der Waals surface area contributed by atoms with Gasteiger partial charge >= 0.3 is 0 Å². The molecule has 3 N–H and O–H groups in total. The maximum Gasteiger partial charge on any atom is 0.232 e. The molecule has 0 radical (unpaired) electrons. The molecule has 2 aromatic heterocycles. The van der Waals surface area contributed by atoms with Crippen LogP contribution in [-0.4, -0.2) is 21.7 Å². The molecule has 7 heteroatoms. The van der Waals surface area contributed by atoms with Crippen molar-refractivity contribution in [2.75, 3.05) is 11.1 Å². The van der Waals surface area contributed by atoms with Gasteiger partial charge in [-0.25, -0.2) is 4.98 Å². The first kappa shape index (κ1) is 16.1. The Bertz CT molecular complexity index is 949. The molecule has 0 fully saturated rings. The number of aryl methyl sites for hydroxylation is 1. The van der Waals surface area contributed by atoms with Crippen LogP contribution < -0.4 is 11.1 Å². The van der Waals surface area contributed by atoms with E-state index in [4.69, 9.17) is 5.73 Å². The number of para-hydroxylation sites is 1. The van der Waals surface area contributed by atoms with Gasteiger partial charge in [-0.3, -0.25) is 14.6 Å². The van der Waals surface area contributed by atoms with Crippen LogP contribution in [0.25, 0.3) is 10.9 Å². The second-order valence-corrected chi connectivity index (χ2v) is 6.44. The number of nitrogens with one attached hydrogen (secondary N) is 1. The number of hydrogen-bond donors (Lipinski definition) is 2. The van der Waals surface area contributed by atoms with E-state index in [-0.39, 0.29) is 18.1 Å². The molecular weight excluding hydrogens is 324 g/mol. The van der Waals surface area contributed by atoms with Gasteiger partial charge in [0.15, 0.2) is 10.9 Å². The zero-order chi connectivity index (χ0) is 17.3. The molecule has 1 amide bonds. The van der Waals surface area contributed by atoms with Crippen LogP contribution in [0.2, 0.25) is 0 Å². The zero-order valence-electron chi connectivity index (χ0n) is 13.3. The summed E-state index contributed by atoms with van der Waals surface area (Å²) in [5.74, 6) is -0.294. The van der Waals surface area contributed by atoms with E-state index >= 15 is 0 Å². The number of carbonyl (C=O) groups is 2. The molecule has 0 spiro atoms. The minimum atomic E-state index is -0.236. The first-order valence-electron chi connectivity index (χ1n) is 7.36. The monoisotopic (exact) mass is 340 g/mol. The van der Waals surface area contributed by atoms with Crippen molar-refractivity contribution >= 4 is 44.7 Å². The van der Waals surface area contributed by atoms with Crippen molar-refractivity contribution in [3.05, 3.63) is 46.6 Å². The lowest BCUT2D eigenvalue weighted by Crippen LogP contribution is -2.15. The van der Waals surface area contributed by atoms with Gasteiger partial charge in [-0.15, -0.1) is 0 Å². The highest BCUT2D eigenvalue weighted by Crippen LogP contribution is 2.23. The zero-order valence-corrected chi connectivity index (χ0v) is 14.1. The Morgan fingerprint density at radius 1 is 1.21 bits per heavy atom. The summed E-state index contributed by atoms with van der Waals surface area (Å²) in [4.78, 5) is 32.9. The molecule has 6 nitrogen and oxygen atoms in total. The smallest absolute Gasteiger partial charge is 0.232 e. The van der Waals surface area contributed by atoms with E-state index < -0.39 is 0 Å². The Balaban J connectivity index is 1.76. The van der Waals surface area contributed by atoms with E-state index in [0.29, 0.717) is 32.6 Å². The van der Waals surface area contributed by atoms with Crippen molar-refractivity contribution in [2.24, 2.45) is 0 Å². The normalized spacial score (nSPS) is 10.8.